The van der Waals surface area contributed by atoms with Crippen molar-refractivity contribution in [3.8, 4) is 0 Å². The van der Waals surface area contributed by atoms with Gasteiger partial charge in [0.05, 0.1) is 25.4 Å². The van der Waals surface area contributed by atoms with E-state index in [-0.39, 0.29) is 12.5 Å². The molecular formula is C11H10Br2N2O2S. The quantitative estimate of drug-likeness (QED) is 0.862. The van der Waals surface area contributed by atoms with Gasteiger partial charge in [0, 0.05) is 0 Å². The lowest BCUT2D eigenvalue weighted by molar-refractivity contribution is 0.0947. The third-order valence-electron chi connectivity index (χ3n) is 2.37. The number of nitrogens with zero attached hydrogens (tertiary/aromatic N) is 1. The van der Waals surface area contributed by atoms with Crippen LogP contribution in [0.1, 0.15) is 27.7 Å². The topological polar surface area (TPSA) is 55.1 Å². The number of nitrogens with one attached hydrogen (secondary N) is 1. The number of carbonyl (C=O) groups excluding carboxylic acids is 1. The highest BCUT2D eigenvalue weighted by molar-refractivity contribution is 9.12. The highest BCUT2D eigenvalue weighted by Crippen LogP contribution is 2.31. The zero-order chi connectivity index (χ0) is 13.3. The van der Waals surface area contributed by atoms with Gasteiger partial charge in [-0.05, 0) is 51.8 Å². The maximum absolute atomic E-state index is 11.9. The van der Waals surface area contributed by atoms with Crippen LogP contribution in [0.3, 0.4) is 0 Å². The van der Waals surface area contributed by atoms with Crippen molar-refractivity contribution in [2.24, 2.45) is 0 Å². The minimum Gasteiger partial charge on any atom is -0.444 e. The van der Waals surface area contributed by atoms with Crippen LogP contribution in [0.15, 0.2) is 18.1 Å². The van der Waals surface area contributed by atoms with Crippen molar-refractivity contribution in [2.75, 3.05) is 0 Å². The molecule has 0 aliphatic rings. The summed E-state index contributed by atoms with van der Waals surface area (Å²) in [4.78, 5) is 16.1. The average Bonchev–Trinajstić information content (AvgIpc) is 2.79. The molecule has 0 bridgehead atoms. The summed E-state index contributed by atoms with van der Waals surface area (Å²) in [6.07, 6.45) is 0. The molecule has 4 nitrogen and oxygen atoms in total. The normalized spacial score (nSPS) is 10.7. The van der Waals surface area contributed by atoms with Crippen molar-refractivity contribution in [1.82, 2.24) is 10.3 Å². The summed E-state index contributed by atoms with van der Waals surface area (Å²) in [6.45, 7) is 4.00. The fraction of sp³-hybridized carbons (Fsp3) is 0.273. The predicted molar refractivity (Wildman–Crippen MR) is 76.9 cm³/mol. The fourth-order valence-corrected chi connectivity index (χ4v) is 4.15. The molecular weight excluding hydrogens is 384 g/mol. The highest BCUT2D eigenvalue weighted by atomic mass is 79.9. The second-order valence-electron chi connectivity index (χ2n) is 3.67. The number of thiophene rings is 1. The average molecular weight is 394 g/mol. The first kappa shape index (κ1) is 13.8. The smallest absolute Gasteiger partial charge is 0.253 e. The van der Waals surface area contributed by atoms with Gasteiger partial charge in [-0.15, -0.1) is 11.3 Å². The Kier molecular flexibility index (Phi) is 4.24. The minimum atomic E-state index is -0.155. The maximum atomic E-state index is 11.9. The van der Waals surface area contributed by atoms with Crippen molar-refractivity contribution >= 4 is 49.1 Å². The van der Waals surface area contributed by atoms with E-state index < -0.39 is 0 Å². The Balaban J connectivity index is 2.02. The second kappa shape index (κ2) is 5.54. The Hall–Kier alpha value is -0.660. The van der Waals surface area contributed by atoms with E-state index in [1.165, 1.54) is 11.3 Å². The molecule has 0 radical (unpaired) electrons. The summed E-state index contributed by atoms with van der Waals surface area (Å²) in [6, 6.07) is 1.77. The zero-order valence-electron chi connectivity index (χ0n) is 9.71. The van der Waals surface area contributed by atoms with Gasteiger partial charge in [-0.3, -0.25) is 4.79 Å². The molecule has 0 aromatic carbocycles. The SMILES string of the molecule is Cc1nc(CNC(=O)c2cc(Br)sc2Br)oc1C. The van der Waals surface area contributed by atoms with Gasteiger partial charge in [0.2, 0.25) is 5.89 Å². The standard InChI is InChI=1S/C11H10Br2N2O2S/c1-5-6(2)17-9(15-5)4-14-11(16)7-3-8(12)18-10(7)13/h3H,4H2,1-2H3,(H,14,16). The maximum Gasteiger partial charge on any atom is 0.253 e. The van der Waals surface area contributed by atoms with Crippen LogP contribution < -0.4 is 5.32 Å². The molecule has 7 heteroatoms. The summed E-state index contributed by atoms with van der Waals surface area (Å²) in [5, 5.41) is 2.77. The van der Waals surface area contributed by atoms with Gasteiger partial charge in [0.1, 0.15) is 5.76 Å². The van der Waals surface area contributed by atoms with Gasteiger partial charge in [0.15, 0.2) is 0 Å². The second-order valence-corrected chi connectivity index (χ2v) is 7.42. The molecule has 1 N–H and O–H groups in total. The molecule has 2 heterocycles. The van der Waals surface area contributed by atoms with E-state index in [1.807, 2.05) is 13.8 Å². The Labute approximate surface area is 125 Å². The van der Waals surface area contributed by atoms with Crippen LogP contribution in [0.25, 0.3) is 0 Å². The Morgan fingerprint density at radius 2 is 2.22 bits per heavy atom. The summed E-state index contributed by atoms with van der Waals surface area (Å²) < 4.78 is 7.09. The molecule has 0 fully saturated rings. The number of carbonyl (C=O) groups is 1. The highest BCUT2D eigenvalue weighted by Gasteiger charge is 2.14. The Morgan fingerprint density at radius 1 is 1.50 bits per heavy atom. The molecule has 0 unspecified atom stereocenters. The van der Waals surface area contributed by atoms with E-state index in [1.54, 1.807) is 6.07 Å². The summed E-state index contributed by atoms with van der Waals surface area (Å²) in [5.74, 6) is 1.14. The summed E-state index contributed by atoms with van der Waals surface area (Å²) in [5.41, 5.74) is 1.45. The van der Waals surface area contributed by atoms with E-state index >= 15 is 0 Å². The first-order chi connectivity index (χ1) is 8.47. The lowest BCUT2D eigenvalue weighted by Crippen LogP contribution is -2.22. The van der Waals surface area contributed by atoms with E-state index in [9.17, 15) is 4.79 Å². The summed E-state index contributed by atoms with van der Waals surface area (Å²) >= 11 is 8.15. The molecule has 0 saturated heterocycles. The van der Waals surface area contributed by atoms with Crippen LogP contribution in [0.4, 0.5) is 0 Å². The molecule has 0 saturated carbocycles. The van der Waals surface area contributed by atoms with Crippen LogP contribution >= 0.6 is 43.2 Å². The lowest BCUT2D eigenvalue weighted by Gasteiger charge is -2.00. The van der Waals surface area contributed by atoms with Crippen molar-refractivity contribution in [2.45, 2.75) is 20.4 Å². The number of hydrogen-bond donors (Lipinski definition) is 1. The van der Waals surface area contributed by atoms with Crippen molar-refractivity contribution in [3.05, 3.63) is 36.5 Å². The van der Waals surface area contributed by atoms with Gasteiger partial charge in [-0.1, -0.05) is 0 Å². The lowest BCUT2D eigenvalue weighted by atomic mass is 10.3. The molecule has 18 heavy (non-hydrogen) atoms. The van der Waals surface area contributed by atoms with E-state index in [0.29, 0.717) is 11.5 Å². The van der Waals surface area contributed by atoms with E-state index in [0.717, 1.165) is 19.0 Å². The molecule has 2 aromatic rings. The largest absolute Gasteiger partial charge is 0.444 e. The third-order valence-corrected chi connectivity index (χ3v) is 4.71. The van der Waals surface area contributed by atoms with Crippen molar-refractivity contribution in [1.29, 1.82) is 0 Å². The van der Waals surface area contributed by atoms with Crippen LogP contribution in [0.5, 0.6) is 0 Å². The van der Waals surface area contributed by atoms with Gasteiger partial charge < -0.3 is 9.73 Å². The number of halogens is 2. The van der Waals surface area contributed by atoms with Crippen LogP contribution in [-0.4, -0.2) is 10.9 Å². The molecule has 2 aromatic heterocycles. The molecule has 0 aliphatic heterocycles. The Morgan fingerprint density at radius 3 is 2.72 bits per heavy atom. The molecule has 0 spiro atoms. The molecule has 96 valence electrons. The monoisotopic (exact) mass is 392 g/mol. The first-order valence-electron chi connectivity index (χ1n) is 5.13. The minimum absolute atomic E-state index is 0.155. The van der Waals surface area contributed by atoms with Gasteiger partial charge in [-0.25, -0.2) is 4.98 Å². The number of amides is 1. The van der Waals surface area contributed by atoms with E-state index in [2.05, 4.69) is 42.2 Å². The number of aromatic nitrogens is 1. The molecule has 2 rings (SSSR count). The van der Waals surface area contributed by atoms with E-state index in [4.69, 9.17) is 4.42 Å². The number of hydrogen-bond acceptors (Lipinski definition) is 4. The van der Waals surface area contributed by atoms with Crippen LogP contribution in [0, 0.1) is 13.8 Å². The Bertz CT molecular complexity index is 572. The molecule has 0 aliphatic carbocycles. The number of rotatable bonds is 3. The third kappa shape index (κ3) is 3.02. The molecule has 0 atom stereocenters. The zero-order valence-corrected chi connectivity index (χ0v) is 13.7. The summed E-state index contributed by atoms with van der Waals surface area (Å²) in [7, 11) is 0. The molecule has 1 amide bonds. The predicted octanol–water partition coefficient (Wildman–Crippen LogP) is 3.81. The van der Waals surface area contributed by atoms with Crippen molar-refractivity contribution in [3.63, 3.8) is 0 Å². The fourth-order valence-electron chi connectivity index (χ4n) is 1.36. The number of oxazole rings is 1. The van der Waals surface area contributed by atoms with Gasteiger partial charge in [0.25, 0.3) is 5.91 Å². The van der Waals surface area contributed by atoms with Crippen LogP contribution in [0.2, 0.25) is 0 Å². The van der Waals surface area contributed by atoms with Gasteiger partial charge >= 0.3 is 0 Å². The van der Waals surface area contributed by atoms with Gasteiger partial charge in [-0.2, -0.15) is 0 Å². The first-order valence-corrected chi connectivity index (χ1v) is 7.53. The van der Waals surface area contributed by atoms with Crippen LogP contribution in [-0.2, 0) is 6.54 Å². The van der Waals surface area contributed by atoms with Crippen molar-refractivity contribution < 1.29 is 9.21 Å². The number of aryl methyl sites for hydroxylation is 2.